The smallest absolute Gasteiger partial charge is 0.387 e. The van der Waals surface area contributed by atoms with Crippen molar-refractivity contribution in [1.29, 1.82) is 5.26 Å². The second kappa shape index (κ2) is 20.4. The number of benzene rings is 1. The largest absolute Gasteiger partial charge is 0.472 e. The molecule has 2 aromatic heterocycles. The van der Waals surface area contributed by atoms with Gasteiger partial charge in [-0.15, -0.1) is 0 Å². The summed E-state index contributed by atoms with van der Waals surface area (Å²) in [6, 6.07) is 9.01. The third-order valence-corrected chi connectivity index (χ3v) is 9.94. The van der Waals surface area contributed by atoms with Crippen LogP contribution in [-0.2, 0) is 34.4 Å². The topological polar surface area (TPSA) is 230 Å². The molecule has 0 saturated carbocycles. The molecule has 17 heteroatoms. The fourth-order valence-corrected chi connectivity index (χ4v) is 6.73. The number of aliphatic hydroxyl groups excluding tert-OH is 2. The third kappa shape index (κ3) is 12.0. The van der Waals surface area contributed by atoms with Crippen LogP contribution < -0.4 is 11.5 Å². The summed E-state index contributed by atoms with van der Waals surface area (Å²) in [5.41, 5.74) is 11.1. The Balaban J connectivity index is 1.26. The van der Waals surface area contributed by atoms with Gasteiger partial charge in [0.2, 0.25) is 0 Å². The average molecular weight is 751 g/mol. The molecule has 3 aromatic rings. The number of unbranched alkanes of at least 4 members (excludes halogenated alkanes) is 10. The molecule has 288 valence electrons. The van der Waals surface area contributed by atoms with Gasteiger partial charge in [0.1, 0.15) is 48.7 Å². The van der Waals surface area contributed by atoms with Crippen LogP contribution in [0.4, 0.5) is 10.2 Å². The first-order valence-electron chi connectivity index (χ1n) is 17.9. The molecule has 0 bridgehead atoms. The van der Waals surface area contributed by atoms with Crippen LogP contribution >= 0.6 is 7.82 Å². The van der Waals surface area contributed by atoms with E-state index in [1.807, 2.05) is 6.07 Å². The second-order valence-electron chi connectivity index (χ2n) is 13.1. The van der Waals surface area contributed by atoms with E-state index in [-0.39, 0.29) is 30.2 Å². The number of aromatic nitrogens is 3. The number of anilines is 1. The zero-order chi connectivity index (χ0) is 37.6. The van der Waals surface area contributed by atoms with Crippen molar-refractivity contribution in [2.75, 3.05) is 32.2 Å². The van der Waals surface area contributed by atoms with Crippen LogP contribution in [0.5, 0.6) is 0 Å². The van der Waals surface area contributed by atoms with Crippen LogP contribution in [-0.4, -0.2) is 80.2 Å². The van der Waals surface area contributed by atoms with Crippen LogP contribution in [0.15, 0.2) is 36.7 Å². The summed E-state index contributed by atoms with van der Waals surface area (Å²) in [6.45, 7) is 1.08. The molecule has 6 atom stereocenters. The highest BCUT2D eigenvalue weighted by molar-refractivity contribution is 7.47. The van der Waals surface area contributed by atoms with Crippen LogP contribution in [0, 0.1) is 17.1 Å². The summed E-state index contributed by atoms with van der Waals surface area (Å²) in [7, 11) is -4.84. The lowest BCUT2D eigenvalue weighted by Gasteiger charge is -2.28. The Morgan fingerprint density at radius 1 is 1.06 bits per heavy atom. The molecule has 1 aromatic carbocycles. The minimum atomic E-state index is -4.84. The number of nitrogens with zero attached hydrogens (tertiary/aromatic N) is 4. The van der Waals surface area contributed by atoms with Crippen molar-refractivity contribution in [3.8, 4) is 6.07 Å². The zero-order valence-corrected chi connectivity index (χ0v) is 30.5. The number of nitrogens with two attached hydrogens (primary N) is 2. The summed E-state index contributed by atoms with van der Waals surface area (Å²) >= 11 is 0. The molecule has 4 rings (SSSR count). The number of hydrogen-bond acceptors (Lipinski definition) is 13. The third-order valence-electron chi connectivity index (χ3n) is 9.01. The monoisotopic (exact) mass is 750 g/mol. The highest BCUT2D eigenvalue weighted by Gasteiger charge is 2.54. The average Bonchev–Trinajstić information content (AvgIpc) is 3.66. The van der Waals surface area contributed by atoms with Gasteiger partial charge in [0, 0.05) is 12.2 Å². The molecule has 7 N–H and O–H groups in total. The Labute approximate surface area is 303 Å². The van der Waals surface area contributed by atoms with Crippen molar-refractivity contribution < 1.29 is 47.3 Å². The number of aliphatic hydroxyl groups is 2. The summed E-state index contributed by atoms with van der Waals surface area (Å²) in [5, 5.41) is 34.7. The van der Waals surface area contributed by atoms with E-state index in [0.29, 0.717) is 17.8 Å². The molecule has 15 nitrogen and oxygen atoms in total. The Bertz CT molecular complexity index is 1640. The summed E-state index contributed by atoms with van der Waals surface area (Å²) in [6.07, 6.45) is 8.87. The Morgan fingerprint density at radius 2 is 1.75 bits per heavy atom. The SMILES string of the molecule is CCCCCCCCCCCCCOC[C@H](COP(=O)(O)OC[C@@]1(N)O[C@@H](c2ccc3c(N)ncnn23)[C@H](O)[C@@H]1O)OCc1ccc(C#N)cc1F. The fraction of sp³-hybridized carbons (Fsp3) is 0.629. The number of nitriles is 1. The molecule has 1 aliphatic heterocycles. The van der Waals surface area contributed by atoms with E-state index in [0.717, 1.165) is 25.3 Å². The van der Waals surface area contributed by atoms with Gasteiger partial charge >= 0.3 is 7.82 Å². The Morgan fingerprint density at radius 3 is 2.42 bits per heavy atom. The molecule has 0 radical (unpaired) electrons. The molecule has 0 spiro atoms. The molecule has 0 amide bonds. The van der Waals surface area contributed by atoms with Gasteiger partial charge in [-0.3, -0.25) is 14.8 Å². The standard InChI is InChI=1S/C35H52FN6O9P/c1-2-3-4-5-6-7-8-9-10-11-12-17-47-21-27(48-20-26-14-13-25(19-37)18-28(26)36)22-49-52(45,46)50-23-35(39)33(44)31(43)32(51-35)29-15-16-30-34(38)40-24-41-42(29)30/h13-16,18,24,27,31-33,43-44H,2-12,17,20-23,39H2,1H3,(H,45,46)(H2,38,40,41)/t27-,31+,32+,33+,35-/m1/s1. The van der Waals surface area contributed by atoms with Crippen LogP contribution in [0.1, 0.15) is 100 Å². The number of phosphoric ester groups is 1. The zero-order valence-electron chi connectivity index (χ0n) is 29.6. The maximum absolute atomic E-state index is 14.5. The van der Waals surface area contributed by atoms with Crippen molar-refractivity contribution in [2.45, 2.75) is 114 Å². The van der Waals surface area contributed by atoms with Crippen molar-refractivity contribution >= 4 is 19.2 Å². The molecule has 1 saturated heterocycles. The van der Waals surface area contributed by atoms with Gasteiger partial charge in [-0.25, -0.2) is 18.5 Å². The highest BCUT2D eigenvalue weighted by atomic mass is 31.2. The number of fused-ring (bicyclic) bond motifs is 1. The number of hydrogen-bond donors (Lipinski definition) is 5. The lowest BCUT2D eigenvalue weighted by Crippen LogP contribution is -2.54. The fourth-order valence-electron chi connectivity index (χ4n) is 5.94. The van der Waals surface area contributed by atoms with Gasteiger partial charge in [0.15, 0.2) is 11.5 Å². The maximum atomic E-state index is 14.5. The van der Waals surface area contributed by atoms with E-state index in [1.165, 1.54) is 74.3 Å². The quantitative estimate of drug-likeness (QED) is 0.0611. The van der Waals surface area contributed by atoms with E-state index < -0.39 is 57.0 Å². The number of nitrogen functional groups attached to an aromatic ring is 1. The number of rotatable bonds is 24. The van der Waals surface area contributed by atoms with Crippen molar-refractivity contribution in [2.24, 2.45) is 5.73 Å². The predicted molar refractivity (Wildman–Crippen MR) is 189 cm³/mol. The first-order chi connectivity index (χ1) is 25.0. The van der Waals surface area contributed by atoms with Crippen molar-refractivity contribution in [3.63, 3.8) is 0 Å². The predicted octanol–water partition coefficient (Wildman–Crippen LogP) is 4.82. The van der Waals surface area contributed by atoms with E-state index >= 15 is 0 Å². The van der Waals surface area contributed by atoms with Gasteiger partial charge < -0.3 is 35.1 Å². The van der Waals surface area contributed by atoms with Crippen molar-refractivity contribution in [1.82, 2.24) is 14.6 Å². The summed E-state index contributed by atoms with van der Waals surface area (Å²) in [5.74, 6) is -0.455. The molecule has 0 aliphatic carbocycles. The van der Waals surface area contributed by atoms with E-state index in [1.54, 1.807) is 12.1 Å². The molecule has 1 aliphatic rings. The van der Waals surface area contributed by atoms with Crippen LogP contribution in [0.3, 0.4) is 0 Å². The second-order valence-corrected chi connectivity index (χ2v) is 14.6. The van der Waals surface area contributed by atoms with Crippen molar-refractivity contribution in [3.05, 3.63) is 59.3 Å². The lowest BCUT2D eigenvalue weighted by molar-refractivity contribution is -0.109. The van der Waals surface area contributed by atoms with Gasteiger partial charge in [-0.2, -0.15) is 10.4 Å². The first kappa shape index (κ1) is 41.7. The van der Waals surface area contributed by atoms with E-state index in [2.05, 4.69) is 17.0 Å². The van der Waals surface area contributed by atoms with Crippen LogP contribution in [0.2, 0.25) is 0 Å². The van der Waals surface area contributed by atoms with Gasteiger partial charge in [-0.05, 0) is 30.7 Å². The van der Waals surface area contributed by atoms with Gasteiger partial charge in [0.25, 0.3) is 0 Å². The minimum absolute atomic E-state index is 0.0223. The van der Waals surface area contributed by atoms with Gasteiger partial charge in [0.05, 0.1) is 37.1 Å². The molecule has 1 unspecified atom stereocenters. The van der Waals surface area contributed by atoms with Crippen LogP contribution in [0.25, 0.3) is 5.52 Å². The molecule has 52 heavy (non-hydrogen) atoms. The molecular weight excluding hydrogens is 698 g/mol. The van der Waals surface area contributed by atoms with E-state index in [9.17, 15) is 24.1 Å². The maximum Gasteiger partial charge on any atom is 0.472 e. The minimum Gasteiger partial charge on any atom is -0.387 e. The highest BCUT2D eigenvalue weighted by Crippen LogP contribution is 2.46. The Kier molecular flexibility index (Phi) is 16.4. The summed E-state index contributed by atoms with van der Waals surface area (Å²) in [4.78, 5) is 14.4. The molecule has 1 fully saturated rings. The lowest BCUT2D eigenvalue weighted by atomic mass is 10.0. The van der Waals surface area contributed by atoms with Gasteiger partial charge in [-0.1, -0.05) is 77.2 Å². The molecule has 3 heterocycles. The summed E-state index contributed by atoms with van der Waals surface area (Å²) < 4.78 is 56.5. The van der Waals surface area contributed by atoms with E-state index in [4.69, 9.17) is 40.0 Å². The number of halogens is 1. The molecular formula is C35H52FN6O9P. The number of phosphoric acid groups is 1. The first-order valence-corrected chi connectivity index (χ1v) is 19.4. The number of ether oxygens (including phenoxy) is 3. The normalized spacial score (nSPS) is 22.1. The Hall–Kier alpha value is -3.07.